The van der Waals surface area contributed by atoms with E-state index in [0.717, 1.165) is 18.2 Å². The largest absolute Gasteiger partial charge is 0.350 e. The quantitative estimate of drug-likeness (QED) is 0.502. The van der Waals surface area contributed by atoms with Crippen LogP contribution in [0.2, 0.25) is 0 Å². The first kappa shape index (κ1) is 16.8. The van der Waals surface area contributed by atoms with Crippen LogP contribution in [0, 0.1) is 29.8 Å². The summed E-state index contributed by atoms with van der Waals surface area (Å²) in [6, 6.07) is 6.04. The molecule has 2 aromatic rings. The minimum Gasteiger partial charge on any atom is -0.350 e. The van der Waals surface area contributed by atoms with Gasteiger partial charge in [-0.2, -0.15) is 8.42 Å². The van der Waals surface area contributed by atoms with Crippen molar-refractivity contribution in [2.45, 2.75) is 18.7 Å². The van der Waals surface area contributed by atoms with E-state index in [4.69, 9.17) is 4.55 Å². The highest BCUT2D eigenvalue weighted by atomic mass is 32.2. The molecule has 0 saturated heterocycles. The number of nitro benzene ring substituents is 1. The lowest BCUT2D eigenvalue weighted by molar-refractivity contribution is -0.384. The van der Waals surface area contributed by atoms with Gasteiger partial charge in [-0.05, 0) is 37.1 Å². The van der Waals surface area contributed by atoms with Crippen LogP contribution in [0.15, 0.2) is 35.2 Å². The van der Waals surface area contributed by atoms with Crippen LogP contribution in [0.5, 0.6) is 0 Å². The van der Waals surface area contributed by atoms with Gasteiger partial charge in [0.15, 0.2) is 0 Å². The molecule has 2 aromatic carbocycles. The van der Waals surface area contributed by atoms with Gasteiger partial charge in [0.1, 0.15) is 11.5 Å². The molecule has 9 heteroatoms. The zero-order chi connectivity index (χ0) is 17.4. The van der Waals surface area contributed by atoms with Gasteiger partial charge in [-0.1, -0.05) is 6.07 Å². The van der Waals surface area contributed by atoms with E-state index in [1.54, 1.807) is 0 Å². The summed E-state index contributed by atoms with van der Waals surface area (Å²) < 4.78 is 45.4. The summed E-state index contributed by atoms with van der Waals surface area (Å²) in [6.07, 6.45) is 0. The third kappa shape index (κ3) is 3.63. The molecule has 0 amide bonds. The molecule has 0 aromatic heterocycles. The lowest BCUT2D eigenvalue weighted by Gasteiger charge is -2.10. The predicted molar refractivity (Wildman–Crippen MR) is 82.1 cm³/mol. The molecular formula is C14H13FN2O5S. The number of nitrogens with one attached hydrogen (secondary N) is 1. The molecule has 0 fully saturated rings. The maximum atomic E-state index is 13.7. The average molecular weight is 340 g/mol. The Morgan fingerprint density at radius 1 is 1.17 bits per heavy atom. The lowest BCUT2D eigenvalue weighted by atomic mass is 10.1. The number of nitro groups is 1. The van der Waals surface area contributed by atoms with Gasteiger partial charge in [-0.15, -0.1) is 0 Å². The van der Waals surface area contributed by atoms with Crippen molar-refractivity contribution < 1.29 is 22.3 Å². The van der Waals surface area contributed by atoms with Crippen LogP contribution in [0.1, 0.15) is 11.1 Å². The number of hydrogen-bond donors (Lipinski definition) is 2. The second kappa shape index (κ2) is 5.94. The molecule has 0 aliphatic heterocycles. The minimum absolute atomic E-state index is 0.116. The van der Waals surface area contributed by atoms with Gasteiger partial charge in [-0.25, -0.2) is 4.39 Å². The number of aryl methyl sites for hydroxylation is 2. The maximum absolute atomic E-state index is 13.7. The first-order valence-electron chi connectivity index (χ1n) is 6.39. The van der Waals surface area contributed by atoms with Gasteiger partial charge >= 0.3 is 0 Å². The van der Waals surface area contributed by atoms with Crippen molar-refractivity contribution in [3.05, 3.63) is 57.4 Å². The minimum atomic E-state index is -4.44. The summed E-state index contributed by atoms with van der Waals surface area (Å²) in [5, 5.41) is 13.7. The number of benzene rings is 2. The van der Waals surface area contributed by atoms with Gasteiger partial charge in [-0.3, -0.25) is 14.7 Å². The van der Waals surface area contributed by atoms with Crippen LogP contribution in [0.4, 0.5) is 21.5 Å². The molecule has 0 bridgehead atoms. The molecule has 2 N–H and O–H groups in total. The van der Waals surface area contributed by atoms with Crippen molar-refractivity contribution in [3.63, 3.8) is 0 Å². The van der Waals surface area contributed by atoms with Crippen LogP contribution in [-0.2, 0) is 10.1 Å². The van der Waals surface area contributed by atoms with Gasteiger partial charge in [0.2, 0.25) is 0 Å². The third-order valence-corrected chi connectivity index (χ3v) is 4.21. The van der Waals surface area contributed by atoms with E-state index in [1.165, 1.54) is 26.0 Å². The molecule has 7 nitrogen and oxygen atoms in total. The Labute approximate surface area is 131 Å². The topological polar surface area (TPSA) is 110 Å². The molecule has 122 valence electrons. The fourth-order valence-electron chi connectivity index (χ4n) is 2.03. The monoisotopic (exact) mass is 340 g/mol. The summed E-state index contributed by atoms with van der Waals surface area (Å²) >= 11 is 0. The third-order valence-electron chi connectivity index (χ3n) is 3.22. The molecule has 23 heavy (non-hydrogen) atoms. The lowest BCUT2D eigenvalue weighted by Crippen LogP contribution is -2.03. The number of anilines is 2. The van der Waals surface area contributed by atoms with Crippen molar-refractivity contribution >= 4 is 27.2 Å². The van der Waals surface area contributed by atoms with E-state index in [2.05, 4.69) is 5.32 Å². The smallest absolute Gasteiger partial charge is 0.294 e. The highest BCUT2D eigenvalue weighted by Gasteiger charge is 2.19. The molecule has 0 saturated carbocycles. The highest BCUT2D eigenvalue weighted by Crippen LogP contribution is 2.31. The predicted octanol–water partition coefficient (Wildman–Crippen LogP) is 3.34. The molecule has 0 spiro atoms. The zero-order valence-corrected chi connectivity index (χ0v) is 13.0. The van der Waals surface area contributed by atoms with E-state index >= 15 is 0 Å². The SMILES string of the molecule is Cc1cc([N+](=O)[O-])c(Nc2ccc(C)c(S(=O)(=O)O)c2)cc1F. The van der Waals surface area contributed by atoms with Crippen molar-refractivity contribution in [1.82, 2.24) is 0 Å². The van der Waals surface area contributed by atoms with E-state index in [-0.39, 0.29) is 27.5 Å². The van der Waals surface area contributed by atoms with Crippen LogP contribution >= 0.6 is 0 Å². The van der Waals surface area contributed by atoms with Gasteiger partial charge in [0.25, 0.3) is 15.8 Å². The molecule has 0 unspecified atom stereocenters. The Hall–Kier alpha value is -2.52. The van der Waals surface area contributed by atoms with E-state index < -0.39 is 20.9 Å². The second-order valence-corrected chi connectivity index (χ2v) is 6.35. The van der Waals surface area contributed by atoms with Gasteiger partial charge in [0, 0.05) is 17.8 Å². The Bertz CT molecular complexity index is 896. The summed E-state index contributed by atoms with van der Waals surface area (Å²) in [7, 11) is -4.44. The van der Waals surface area contributed by atoms with Crippen molar-refractivity contribution in [3.8, 4) is 0 Å². The Kier molecular flexibility index (Phi) is 4.35. The fourth-order valence-corrected chi connectivity index (χ4v) is 2.78. The summed E-state index contributed by atoms with van der Waals surface area (Å²) in [5.74, 6) is -0.639. The van der Waals surface area contributed by atoms with Crippen molar-refractivity contribution in [2.75, 3.05) is 5.32 Å². The molecule has 0 aliphatic rings. The average Bonchev–Trinajstić information content (AvgIpc) is 2.43. The molecule has 0 heterocycles. The molecule has 0 aliphatic carbocycles. The number of halogens is 1. The van der Waals surface area contributed by atoms with Crippen LogP contribution < -0.4 is 5.32 Å². The summed E-state index contributed by atoms with van der Waals surface area (Å²) in [4.78, 5) is 10.1. The Morgan fingerprint density at radius 2 is 1.83 bits per heavy atom. The zero-order valence-electron chi connectivity index (χ0n) is 12.2. The number of rotatable bonds is 4. The Balaban J connectivity index is 2.52. The first-order chi connectivity index (χ1) is 10.6. The van der Waals surface area contributed by atoms with E-state index in [9.17, 15) is 22.9 Å². The number of hydrogen-bond acceptors (Lipinski definition) is 5. The molecular weight excluding hydrogens is 327 g/mol. The van der Waals surface area contributed by atoms with E-state index in [1.807, 2.05) is 0 Å². The first-order valence-corrected chi connectivity index (χ1v) is 7.83. The highest BCUT2D eigenvalue weighted by molar-refractivity contribution is 7.85. The van der Waals surface area contributed by atoms with Gasteiger partial charge in [0.05, 0.1) is 9.82 Å². The van der Waals surface area contributed by atoms with Crippen LogP contribution in [0.25, 0.3) is 0 Å². The second-order valence-electron chi connectivity index (χ2n) is 4.96. The van der Waals surface area contributed by atoms with Gasteiger partial charge < -0.3 is 5.32 Å². The molecule has 0 radical (unpaired) electrons. The normalized spacial score (nSPS) is 11.3. The number of nitrogens with zero attached hydrogens (tertiary/aromatic N) is 1. The summed E-state index contributed by atoms with van der Waals surface area (Å²) in [6.45, 7) is 2.88. The maximum Gasteiger partial charge on any atom is 0.294 e. The molecule has 0 atom stereocenters. The van der Waals surface area contributed by atoms with Crippen LogP contribution in [0.3, 0.4) is 0 Å². The standard InChI is InChI=1S/C14H13FN2O5S/c1-8-3-4-10(6-14(8)23(20,21)22)16-12-7-11(15)9(2)5-13(12)17(18)19/h3-7,16H,1-2H3,(H,20,21,22). The molecule has 2 rings (SSSR count). The fraction of sp³-hybridized carbons (Fsp3) is 0.143. The Morgan fingerprint density at radius 3 is 2.39 bits per heavy atom. The van der Waals surface area contributed by atoms with E-state index in [0.29, 0.717) is 5.56 Å². The van der Waals surface area contributed by atoms with Crippen LogP contribution in [-0.4, -0.2) is 17.9 Å². The summed E-state index contributed by atoms with van der Waals surface area (Å²) in [5.41, 5.74) is 0.114. The van der Waals surface area contributed by atoms with Crippen molar-refractivity contribution in [2.24, 2.45) is 0 Å². The van der Waals surface area contributed by atoms with Crippen molar-refractivity contribution in [1.29, 1.82) is 0 Å².